The topological polar surface area (TPSA) is 121 Å². The monoisotopic (exact) mass is 427 g/mol. The number of nitrogens with two attached hydrogens (primary N) is 1. The van der Waals surface area contributed by atoms with Gasteiger partial charge in [0.1, 0.15) is 18.0 Å². The molecule has 9 nitrogen and oxygen atoms in total. The molecule has 0 saturated heterocycles. The van der Waals surface area contributed by atoms with Crippen LogP contribution in [0.25, 0.3) is 0 Å². The Bertz CT molecular complexity index is 992. The van der Waals surface area contributed by atoms with Gasteiger partial charge in [0.2, 0.25) is 11.9 Å². The largest absolute Gasteiger partial charge is 0.465 e. The van der Waals surface area contributed by atoms with E-state index >= 15 is 0 Å². The van der Waals surface area contributed by atoms with Crippen LogP contribution in [-0.4, -0.2) is 39.0 Å². The zero-order valence-electron chi connectivity index (χ0n) is 16.3. The Morgan fingerprint density at radius 3 is 2.47 bits per heavy atom. The van der Waals surface area contributed by atoms with E-state index in [1.54, 1.807) is 31.2 Å². The summed E-state index contributed by atoms with van der Waals surface area (Å²) in [5, 5.41) is 10.8. The maximum absolute atomic E-state index is 12.4. The summed E-state index contributed by atoms with van der Waals surface area (Å²) >= 11 is 1.11. The highest BCUT2D eigenvalue weighted by Gasteiger charge is 2.15. The second-order valence-corrected chi connectivity index (χ2v) is 6.95. The molecule has 1 aromatic heterocycles. The summed E-state index contributed by atoms with van der Waals surface area (Å²) in [5.74, 6) is 0.832. The number of para-hydroxylation sites is 1. The predicted molar refractivity (Wildman–Crippen MR) is 113 cm³/mol. The molecular formula is C20H21N5O4S. The molecule has 0 atom stereocenters. The van der Waals surface area contributed by atoms with E-state index in [9.17, 15) is 9.59 Å². The van der Waals surface area contributed by atoms with Crippen molar-refractivity contribution in [2.24, 2.45) is 0 Å². The van der Waals surface area contributed by atoms with Crippen molar-refractivity contribution in [1.82, 2.24) is 14.8 Å². The highest BCUT2D eigenvalue weighted by Crippen LogP contribution is 2.23. The number of carbonyl (C=O) groups is 2. The zero-order valence-corrected chi connectivity index (χ0v) is 17.1. The van der Waals surface area contributed by atoms with Crippen LogP contribution in [-0.2, 0) is 20.9 Å². The van der Waals surface area contributed by atoms with Gasteiger partial charge in [-0.1, -0.05) is 30.0 Å². The first kappa shape index (κ1) is 21.2. The lowest BCUT2D eigenvalue weighted by Gasteiger charge is -2.10. The van der Waals surface area contributed by atoms with Crippen LogP contribution < -0.4 is 15.8 Å². The van der Waals surface area contributed by atoms with Gasteiger partial charge in [0.15, 0.2) is 5.16 Å². The van der Waals surface area contributed by atoms with Crippen molar-refractivity contribution in [3.63, 3.8) is 0 Å². The van der Waals surface area contributed by atoms with Gasteiger partial charge in [0.05, 0.1) is 12.4 Å². The van der Waals surface area contributed by atoms with Gasteiger partial charge in [0, 0.05) is 5.69 Å². The number of nitrogens with zero attached hydrogens (tertiary/aromatic N) is 3. The number of amides is 1. The van der Waals surface area contributed by atoms with Crippen LogP contribution >= 0.6 is 11.8 Å². The molecule has 3 rings (SSSR count). The fourth-order valence-electron chi connectivity index (χ4n) is 2.46. The number of anilines is 2. The number of ether oxygens (including phenoxy) is 2. The van der Waals surface area contributed by atoms with Crippen LogP contribution in [0.3, 0.4) is 0 Å². The lowest BCUT2D eigenvalue weighted by Crippen LogP contribution is -2.20. The highest BCUT2D eigenvalue weighted by atomic mass is 32.2. The molecule has 0 aliphatic carbocycles. The van der Waals surface area contributed by atoms with Crippen molar-refractivity contribution in [3.8, 4) is 11.5 Å². The second-order valence-electron chi connectivity index (χ2n) is 6.01. The first-order valence-corrected chi connectivity index (χ1v) is 10.1. The van der Waals surface area contributed by atoms with Gasteiger partial charge >= 0.3 is 5.97 Å². The Labute approximate surface area is 177 Å². The fourth-order valence-corrected chi connectivity index (χ4v) is 3.20. The maximum Gasteiger partial charge on any atom is 0.316 e. The van der Waals surface area contributed by atoms with E-state index in [1.807, 2.05) is 30.3 Å². The Morgan fingerprint density at radius 1 is 1.07 bits per heavy atom. The molecule has 10 heteroatoms. The molecule has 0 aliphatic heterocycles. The molecule has 1 heterocycles. The lowest BCUT2D eigenvalue weighted by molar-refractivity contribution is -0.139. The third-order valence-corrected chi connectivity index (χ3v) is 4.73. The molecule has 3 aromatic rings. The number of aromatic nitrogens is 3. The van der Waals surface area contributed by atoms with E-state index in [0.29, 0.717) is 23.2 Å². The van der Waals surface area contributed by atoms with E-state index in [4.69, 9.17) is 15.2 Å². The summed E-state index contributed by atoms with van der Waals surface area (Å²) < 4.78 is 12.0. The van der Waals surface area contributed by atoms with Crippen molar-refractivity contribution >= 4 is 35.3 Å². The van der Waals surface area contributed by atoms with Crippen LogP contribution in [0.2, 0.25) is 0 Å². The minimum Gasteiger partial charge on any atom is -0.465 e. The summed E-state index contributed by atoms with van der Waals surface area (Å²) in [6.07, 6.45) is 0. The van der Waals surface area contributed by atoms with Crippen LogP contribution in [0.4, 0.5) is 11.6 Å². The average molecular weight is 427 g/mol. The quantitative estimate of drug-likeness (QED) is 0.395. The molecule has 156 valence electrons. The van der Waals surface area contributed by atoms with Gasteiger partial charge in [-0.15, -0.1) is 10.2 Å². The van der Waals surface area contributed by atoms with E-state index in [-0.39, 0.29) is 30.1 Å². The molecule has 0 saturated carbocycles. The third-order valence-electron chi connectivity index (χ3n) is 3.79. The number of carbonyl (C=O) groups excluding carboxylic acids is 2. The van der Waals surface area contributed by atoms with Gasteiger partial charge in [-0.25, -0.2) is 0 Å². The van der Waals surface area contributed by atoms with Crippen LogP contribution in [0.15, 0.2) is 59.8 Å². The number of hydrogen-bond acceptors (Lipinski definition) is 8. The van der Waals surface area contributed by atoms with Gasteiger partial charge < -0.3 is 20.5 Å². The molecule has 0 fully saturated rings. The summed E-state index contributed by atoms with van der Waals surface area (Å²) in [4.78, 5) is 23.9. The number of nitrogens with one attached hydrogen (secondary N) is 1. The standard InChI is InChI=1S/C20H21N5O4S/c1-2-28-18(27)13-30-20-24-23-19(21)25(20)12-17(26)22-14-8-10-16(11-9-14)29-15-6-4-3-5-7-15/h3-11H,2,12-13H2,1H3,(H2,21,23)(H,22,26). The Morgan fingerprint density at radius 2 is 1.77 bits per heavy atom. The Kier molecular flexibility index (Phi) is 7.28. The highest BCUT2D eigenvalue weighted by molar-refractivity contribution is 7.99. The summed E-state index contributed by atoms with van der Waals surface area (Å²) in [7, 11) is 0. The van der Waals surface area contributed by atoms with Crippen LogP contribution in [0.5, 0.6) is 11.5 Å². The molecule has 0 spiro atoms. The first-order valence-electron chi connectivity index (χ1n) is 9.15. The smallest absolute Gasteiger partial charge is 0.316 e. The van der Waals surface area contributed by atoms with Gasteiger partial charge in [-0.2, -0.15) is 0 Å². The maximum atomic E-state index is 12.4. The number of benzene rings is 2. The normalized spacial score (nSPS) is 10.4. The average Bonchev–Trinajstić information content (AvgIpc) is 3.08. The second kappa shape index (κ2) is 10.3. The third kappa shape index (κ3) is 5.98. The minimum atomic E-state index is -0.377. The molecule has 3 N–H and O–H groups in total. The van der Waals surface area contributed by atoms with Crippen molar-refractivity contribution in [3.05, 3.63) is 54.6 Å². The Balaban J connectivity index is 1.56. The van der Waals surface area contributed by atoms with Crippen molar-refractivity contribution < 1.29 is 19.1 Å². The van der Waals surface area contributed by atoms with E-state index in [1.165, 1.54) is 4.57 Å². The molecule has 0 bridgehead atoms. The summed E-state index contributed by atoms with van der Waals surface area (Å²) in [6.45, 7) is 1.94. The SMILES string of the molecule is CCOC(=O)CSc1nnc(N)n1CC(=O)Nc1ccc(Oc2ccccc2)cc1. The van der Waals surface area contributed by atoms with E-state index in [0.717, 1.165) is 17.5 Å². The number of thioether (sulfide) groups is 1. The van der Waals surface area contributed by atoms with E-state index in [2.05, 4.69) is 15.5 Å². The lowest BCUT2D eigenvalue weighted by atomic mass is 10.3. The van der Waals surface area contributed by atoms with Gasteiger partial charge in [0.25, 0.3) is 0 Å². The predicted octanol–water partition coefficient (Wildman–Crippen LogP) is 2.95. The van der Waals surface area contributed by atoms with E-state index < -0.39 is 0 Å². The molecule has 2 aromatic carbocycles. The fraction of sp³-hybridized carbons (Fsp3) is 0.200. The number of nitrogen functional groups attached to an aromatic ring is 1. The number of hydrogen-bond donors (Lipinski definition) is 2. The summed E-state index contributed by atoms with van der Waals surface area (Å²) in [6, 6.07) is 16.4. The van der Waals surface area contributed by atoms with Crippen molar-refractivity contribution in [1.29, 1.82) is 0 Å². The zero-order chi connectivity index (χ0) is 21.3. The van der Waals surface area contributed by atoms with Crippen molar-refractivity contribution in [2.75, 3.05) is 23.4 Å². The first-order chi connectivity index (χ1) is 14.5. The Hall–Kier alpha value is -3.53. The van der Waals surface area contributed by atoms with Crippen LogP contribution in [0.1, 0.15) is 6.92 Å². The molecule has 0 unspecified atom stereocenters. The van der Waals surface area contributed by atoms with Crippen LogP contribution in [0, 0.1) is 0 Å². The molecular weight excluding hydrogens is 406 g/mol. The van der Waals surface area contributed by atoms with Gasteiger partial charge in [-0.3, -0.25) is 14.2 Å². The van der Waals surface area contributed by atoms with Crippen molar-refractivity contribution in [2.45, 2.75) is 18.6 Å². The molecule has 0 radical (unpaired) electrons. The molecule has 0 aliphatic rings. The summed E-state index contributed by atoms with van der Waals surface area (Å²) in [5.41, 5.74) is 6.41. The number of esters is 1. The molecule has 30 heavy (non-hydrogen) atoms. The van der Waals surface area contributed by atoms with Gasteiger partial charge in [-0.05, 0) is 43.3 Å². The minimum absolute atomic E-state index is 0.0521. The molecule has 1 amide bonds. The number of rotatable bonds is 9.